The van der Waals surface area contributed by atoms with Crippen molar-refractivity contribution in [3.05, 3.63) is 70.7 Å². The lowest BCUT2D eigenvalue weighted by atomic mass is 9.92. The zero-order chi connectivity index (χ0) is 14.9. The smallest absolute Gasteiger partial charge is 0.0438 e. The van der Waals surface area contributed by atoms with Gasteiger partial charge in [0.05, 0.1) is 0 Å². The van der Waals surface area contributed by atoms with Gasteiger partial charge in [0.15, 0.2) is 0 Å². The molecule has 0 amide bonds. The number of benzene rings is 2. The Morgan fingerprint density at radius 2 is 1.67 bits per heavy atom. The molecule has 112 valence electrons. The molecule has 0 saturated carbocycles. The minimum Gasteiger partial charge on any atom is -0.316 e. The molecule has 0 aromatic heterocycles. The van der Waals surface area contributed by atoms with E-state index in [2.05, 4.69) is 54.7 Å². The van der Waals surface area contributed by atoms with Gasteiger partial charge in [-0.25, -0.2) is 0 Å². The molecule has 0 aliphatic rings. The van der Waals surface area contributed by atoms with E-state index in [1.807, 2.05) is 12.1 Å². The van der Waals surface area contributed by atoms with Gasteiger partial charge in [-0.15, -0.1) is 0 Å². The van der Waals surface area contributed by atoms with Crippen LogP contribution in [0.4, 0.5) is 0 Å². The molecule has 1 nitrogen and oxygen atoms in total. The first-order chi connectivity index (χ1) is 10.3. The third kappa shape index (κ3) is 5.53. The Balaban J connectivity index is 2.03. The van der Waals surface area contributed by atoms with E-state index in [0.29, 0.717) is 5.92 Å². The largest absolute Gasteiger partial charge is 0.316 e. The second-order valence-electron chi connectivity index (χ2n) is 5.56. The summed E-state index contributed by atoms with van der Waals surface area (Å²) >= 11 is 6.31. The Hall–Kier alpha value is -1.31. The van der Waals surface area contributed by atoms with Crippen molar-refractivity contribution in [3.63, 3.8) is 0 Å². The molecule has 2 aromatic rings. The van der Waals surface area contributed by atoms with Crippen LogP contribution in [0, 0.1) is 5.92 Å². The van der Waals surface area contributed by atoms with E-state index < -0.39 is 0 Å². The molecule has 0 bridgehead atoms. The monoisotopic (exact) mass is 301 g/mol. The zero-order valence-electron chi connectivity index (χ0n) is 12.7. The Morgan fingerprint density at radius 3 is 2.38 bits per heavy atom. The topological polar surface area (TPSA) is 12.0 Å². The van der Waals surface area contributed by atoms with Crippen LogP contribution in [0.1, 0.15) is 24.5 Å². The lowest BCUT2D eigenvalue weighted by Gasteiger charge is -2.18. The van der Waals surface area contributed by atoms with E-state index in [4.69, 9.17) is 11.6 Å². The van der Waals surface area contributed by atoms with Gasteiger partial charge in [-0.2, -0.15) is 0 Å². The Bertz CT molecular complexity index is 524. The van der Waals surface area contributed by atoms with Crippen molar-refractivity contribution in [2.75, 3.05) is 13.1 Å². The molecule has 0 spiro atoms. The highest BCUT2D eigenvalue weighted by Crippen LogP contribution is 2.21. The van der Waals surface area contributed by atoms with Gasteiger partial charge in [0, 0.05) is 5.02 Å². The van der Waals surface area contributed by atoms with Crippen molar-refractivity contribution in [3.8, 4) is 0 Å². The molecule has 2 heteroatoms. The minimum atomic E-state index is 0.568. The molecule has 1 unspecified atom stereocenters. The molecule has 0 aliphatic carbocycles. The third-order valence-electron chi connectivity index (χ3n) is 3.69. The Kier molecular flexibility index (Phi) is 6.78. The van der Waals surface area contributed by atoms with Crippen molar-refractivity contribution < 1.29 is 0 Å². The summed E-state index contributed by atoms with van der Waals surface area (Å²) in [6, 6.07) is 18.9. The van der Waals surface area contributed by atoms with Crippen LogP contribution in [0.15, 0.2) is 54.6 Å². The molecular formula is C19H24ClN. The van der Waals surface area contributed by atoms with Crippen LogP contribution < -0.4 is 5.32 Å². The summed E-state index contributed by atoms with van der Waals surface area (Å²) in [5.41, 5.74) is 2.64. The van der Waals surface area contributed by atoms with Gasteiger partial charge >= 0.3 is 0 Å². The zero-order valence-corrected chi connectivity index (χ0v) is 13.4. The quantitative estimate of drug-likeness (QED) is 0.694. The number of hydrogen-bond acceptors (Lipinski definition) is 1. The van der Waals surface area contributed by atoms with Crippen molar-refractivity contribution in [2.24, 2.45) is 5.92 Å². The van der Waals surface area contributed by atoms with Gasteiger partial charge in [0.1, 0.15) is 0 Å². The predicted octanol–water partition coefficient (Wildman–Crippen LogP) is 4.74. The molecule has 0 fully saturated rings. The lowest BCUT2D eigenvalue weighted by Crippen LogP contribution is -2.26. The molecular weight excluding hydrogens is 278 g/mol. The summed E-state index contributed by atoms with van der Waals surface area (Å²) in [4.78, 5) is 0. The number of rotatable bonds is 8. The van der Waals surface area contributed by atoms with Gasteiger partial charge in [-0.3, -0.25) is 0 Å². The summed E-state index contributed by atoms with van der Waals surface area (Å²) in [5.74, 6) is 0.568. The molecule has 21 heavy (non-hydrogen) atoms. The Morgan fingerprint density at radius 1 is 0.952 bits per heavy atom. The van der Waals surface area contributed by atoms with Crippen LogP contribution in [0.25, 0.3) is 0 Å². The first-order valence-electron chi connectivity index (χ1n) is 7.77. The van der Waals surface area contributed by atoms with Crippen molar-refractivity contribution in [2.45, 2.75) is 26.2 Å². The fourth-order valence-corrected chi connectivity index (χ4v) is 2.83. The van der Waals surface area contributed by atoms with Crippen LogP contribution in [-0.2, 0) is 12.8 Å². The molecule has 2 aromatic carbocycles. The highest BCUT2D eigenvalue weighted by atomic mass is 35.5. The average Bonchev–Trinajstić information content (AvgIpc) is 2.51. The average molecular weight is 302 g/mol. The van der Waals surface area contributed by atoms with Gasteiger partial charge < -0.3 is 5.32 Å². The van der Waals surface area contributed by atoms with E-state index in [1.54, 1.807) is 0 Å². The SMILES string of the molecule is CCCNCC(Cc1ccccc1)Cc1ccccc1Cl. The van der Waals surface area contributed by atoms with Gasteiger partial charge in [0.25, 0.3) is 0 Å². The maximum Gasteiger partial charge on any atom is 0.0438 e. The Labute approximate surface area is 133 Å². The van der Waals surface area contributed by atoms with Crippen LogP contribution in [-0.4, -0.2) is 13.1 Å². The van der Waals surface area contributed by atoms with E-state index in [9.17, 15) is 0 Å². The second-order valence-corrected chi connectivity index (χ2v) is 5.96. The van der Waals surface area contributed by atoms with E-state index in [-0.39, 0.29) is 0 Å². The van der Waals surface area contributed by atoms with Gasteiger partial charge in [0.2, 0.25) is 0 Å². The van der Waals surface area contributed by atoms with Crippen molar-refractivity contribution >= 4 is 11.6 Å². The van der Waals surface area contributed by atoms with Gasteiger partial charge in [-0.05, 0) is 55.5 Å². The normalized spacial score (nSPS) is 12.3. The van der Waals surface area contributed by atoms with Crippen LogP contribution in [0.5, 0.6) is 0 Å². The van der Waals surface area contributed by atoms with Crippen molar-refractivity contribution in [1.29, 1.82) is 0 Å². The molecule has 1 N–H and O–H groups in total. The predicted molar refractivity (Wildman–Crippen MR) is 92.0 cm³/mol. The highest BCUT2D eigenvalue weighted by molar-refractivity contribution is 6.31. The van der Waals surface area contributed by atoms with Crippen molar-refractivity contribution in [1.82, 2.24) is 5.32 Å². The standard InChI is InChI=1S/C19H24ClN/c1-2-12-21-15-17(13-16-8-4-3-5-9-16)14-18-10-6-7-11-19(18)20/h3-11,17,21H,2,12-15H2,1H3. The summed E-state index contributed by atoms with van der Waals surface area (Å²) in [5, 5.41) is 4.43. The molecule has 0 saturated heterocycles. The number of halogens is 1. The van der Waals surface area contributed by atoms with Crippen LogP contribution >= 0.6 is 11.6 Å². The maximum absolute atomic E-state index is 6.31. The first-order valence-corrected chi connectivity index (χ1v) is 8.15. The molecule has 0 aliphatic heterocycles. The molecule has 0 heterocycles. The lowest BCUT2D eigenvalue weighted by molar-refractivity contribution is 0.471. The highest BCUT2D eigenvalue weighted by Gasteiger charge is 2.12. The second kappa shape index (κ2) is 8.86. The fourth-order valence-electron chi connectivity index (χ4n) is 2.62. The van der Waals surface area contributed by atoms with Gasteiger partial charge in [-0.1, -0.05) is 67.1 Å². The number of hydrogen-bond donors (Lipinski definition) is 1. The third-order valence-corrected chi connectivity index (χ3v) is 4.06. The summed E-state index contributed by atoms with van der Waals surface area (Å²) in [6.45, 7) is 4.31. The van der Waals surface area contributed by atoms with E-state index >= 15 is 0 Å². The summed E-state index contributed by atoms with van der Waals surface area (Å²) in [7, 11) is 0. The molecule has 1 atom stereocenters. The minimum absolute atomic E-state index is 0.568. The molecule has 0 radical (unpaired) electrons. The molecule has 2 rings (SSSR count). The van der Waals surface area contributed by atoms with E-state index in [0.717, 1.165) is 31.0 Å². The van der Waals surface area contributed by atoms with Crippen LogP contribution in [0.3, 0.4) is 0 Å². The summed E-state index contributed by atoms with van der Waals surface area (Å²) in [6.07, 6.45) is 3.28. The number of nitrogens with one attached hydrogen (secondary N) is 1. The maximum atomic E-state index is 6.31. The fraction of sp³-hybridized carbons (Fsp3) is 0.368. The first kappa shape index (κ1) is 16.1. The summed E-state index contributed by atoms with van der Waals surface area (Å²) < 4.78 is 0. The van der Waals surface area contributed by atoms with E-state index in [1.165, 1.54) is 17.5 Å². The van der Waals surface area contributed by atoms with Crippen LogP contribution in [0.2, 0.25) is 5.02 Å².